The summed E-state index contributed by atoms with van der Waals surface area (Å²) in [7, 11) is 1.35. The van der Waals surface area contributed by atoms with Gasteiger partial charge < -0.3 is 4.74 Å². The van der Waals surface area contributed by atoms with Gasteiger partial charge in [-0.1, -0.05) is 30.3 Å². The zero-order valence-corrected chi connectivity index (χ0v) is 13.1. The third kappa shape index (κ3) is 3.33. The highest BCUT2D eigenvalue weighted by molar-refractivity contribution is 5.72. The van der Waals surface area contributed by atoms with Crippen molar-refractivity contribution in [2.24, 2.45) is 0 Å². The fraction of sp³-hybridized carbons (Fsp3) is 0.105. The first kappa shape index (κ1) is 15.5. The van der Waals surface area contributed by atoms with E-state index in [4.69, 9.17) is 5.26 Å². The molecule has 0 unspecified atom stereocenters. The van der Waals surface area contributed by atoms with Crippen molar-refractivity contribution in [3.63, 3.8) is 0 Å². The van der Waals surface area contributed by atoms with Crippen molar-refractivity contribution >= 4 is 5.97 Å². The van der Waals surface area contributed by atoms with E-state index in [-0.39, 0.29) is 12.5 Å². The van der Waals surface area contributed by atoms with E-state index in [1.807, 2.05) is 48.5 Å². The molecule has 1 heterocycles. The van der Waals surface area contributed by atoms with Crippen LogP contribution in [0.25, 0.3) is 22.4 Å². The maximum atomic E-state index is 11.3. The Morgan fingerprint density at radius 2 is 1.83 bits per heavy atom. The molecular formula is C19H15N3O2. The average Bonchev–Trinajstić information content (AvgIpc) is 3.10. The van der Waals surface area contributed by atoms with Crippen LogP contribution >= 0.6 is 0 Å². The number of nitrogens with zero attached hydrogens (tertiary/aromatic N) is 3. The normalized spacial score (nSPS) is 10.2. The molecule has 0 radical (unpaired) electrons. The second-order valence-electron chi connectivity index (χ2n) is 5.25. The van der Waals surface area contributed by atoms with Gasteiger partial charge in [-0.05, 0) is 35.4 Å². The molecule has 118 valence electrons. The minimum atomic E-state index is -0.341. The predicted molar refractivity (Wildman–Crippen MR) is 89.8 cm³/mol. The lowest BCUT2D eigenvalue weighted by Crippen LogP contribution is -2.11. The maximum absolute atomic E-state index is 11.3. The minimum Gasteiger partial charge on any atom is -0.468 e. The molecule has 0 amide bonds. The Kier molecular flexibility index (Phi) is 4.39. The van der Waals surface area contributed by atoms with Gasteiger partial charge in [-0.15, -0.1) is 0 Å². The molecule has 0 atom stereocenters. The highest BCUT2D eigenvalue weighted by Gasteiger charge is 2.07. The lowest BCUT2D eigenvalue weighted by atomic mass is 10.0. The monoisotopic (exact) mass is 317 g/mol. The minimum absolute atomic E-state index is 0.0837. The van der Waals surface area contributed by atoms with Crippen molar-refractivity contribution in [2.45, 2.75) is 6.54 Å². The number of hydrogen-bond acceptors (Lipinski definition) is 4. The van der Waals surface area contributed by atoms with Crippen LogP contribution in [0.3, 0.4) is 0 Å². The van der Waals surface area contributed by atoms with Gasteiger partial charge in [-0.25, -0.2) is 0 Å². The Morgan fingerprint density at radius 1 is 1.12 bits per heavy atom. The summed E-state index contributed by atoms with van der Waals surface area (Å²) in [6.07, 6.45) is 1.75. The van der Waals surface area contributed by atoms with Crippen LogP contribution in [0, 0.1) is 11.3 Å². The molecule has 24 heavy (non-hydrogen) atoms. The molecule has 5 nitrogen and oxygen atoms in total. The van der Waals surface area contributed by atoms with E-state index in [1.165, 1.54) is 7.11 Å². The van der Waals surface area contributed by atoms with Crippen LogP contribution in [0.4, 0.5) is 0 Å². The van der Waals surface area contributed by atoms with Gasteiger partial charge in [0.05, 0.1) is 24.4 Å². The van der Waals surface area contributed by atoms with Crippen LogP contribution in [0.5, 0.6) is 0 Å². The van der Waals surface area contributed by atoms with Crippen LogP contribution in [0.1, 0.15) is 5.56 Å². The largest absolute Gasteiger partial charge is 0.468 e. The fourth-order valence-electron chi connectivity index (χ4n) is 2.43. The van der Waals surface area contributed by atoms with Crippen molar-refractivity contribution in [3.8, 4) is 28.5 Å². The summed E-state index contributed by atoms with van der Waals surface area (Å²) in [4.78, 5) is 11.3. The second-order valence-corrected chi connectivity index (χ2v) is 5.25. The van der Waals surface area contributed by atoms with Gasteiger partial charge in [0.2, 0.25) is 0 Å². The Morgan fingerprint density at radius 3 is 2.58 bits per heavy atom. The van der Waals surface area contributed by atoms with E-state index in [1.54, 1.807) is 16.9 Å². The zero-order chi connectivity index (χ0) is 16.9. The first-order valence-corrected chi connectivity index (χ1v) is 7.41. The predicted octanol–water partition coefficient (Wildman–Crippen LogP) is 3.26. The van der Waals surface area contributed by atoms with Crippen LogP contribution < -0.4 is 0 Å². The lowest BCUT2D eigenvalue weighted by Gasteiger charge is -2.05. The number of hydrogen-bond donors (Lipinski definition) is 0. The third-order valence-corrected chi connectivity index (χ3v) is 3.64. The van der Waals surface area contributed by atoms with E-state index in [2.05, 4.69) is 15.9 Å². The zero-order valence-electron chi connectivity index (χ0n) is 13.1. The summed E-state index contributed by atoms with van der Waals surface area (Å²) >= 11 is 0. The molecule has 0 N–H and O–H groups in total. The number of esters is 1. The van der Waals surface area contributed by atoms with E-state index in [9.17, 15) is 4.79 Å². The quantitative estimate of drug-likeness (QED) is 0.693. The topological polar surface area (TPSA) is 67.9 Å². The third-order valence-electron chi connectivity index (χ3n) is 3.64. The molecule has 0 saturated carbocycles. The Bertz CT molecular complexity index is 922. The Labute approximate surface area is 139 Å². The molecule has 3 rings (SSSR count). The number of benzene rings is 2. The van der Waals surface area contributed by atoms with E-state index in [0.29, 0.717) is 5.56 Å². The number of ether oxygens (including phenoxy) is 1. The SMILES string of the molecule is COC(=O)Cn1ccc(-c2cccc(-c3cccc(C#N)c3)c2)n1. The van der Waals surface area contributed by atoms with Gasteiger partial charge in [-0.3, -0.25) is 9.48 Å². The maximum Gasteiger partial charge on any atom is 0.327 e. The molecule has 3 aromatic rings. The van der Waals surface area contributed by atoms with Crippen molar-refractivity contribution < 1.29 is 9.53 Å². The molecular weight excluding hydrogens is 302 g/mol. The number of methoxy groups -OCH3 is 1. The van der Waals surface area contributed by atoms with Crippen LogP contribution in [0.15, 0.2) is 60.8 Å². The highest BCUT2D eigenvalue weighted by Crippen LogP contribution is 2.26. The summed E-state index contributed by atoms with van der Waals surface area (Å²) in [6.45, 7) is 0.0837. The summed E-state index contributed by atoms with van der Waals surface area (Å²) in [5.41, 5.74) is 4.33. The Balaban J connectivity index is 1.91. The molecule has 0 aliphatic rings. The number of aromatic nitrogens is 2. The van der Waals surface area contributed by atoms with Crippen molar-refractivity contribution in [2.75, 3.05) is 7.11 Å². The molecule has 5 heteroatoms. The lowest BCUT2D eigenvalue weighted by molar-refractivity contribution is -0.141. The van der Waals surface area contributed by atoms with Gasteiger partial charge in [-0.2, -0.15) is 10.4 Å². The van der Waals surface area contributed by atoms with Crippen LogP contribution in [0.2, 0.25) is 0 Å². The Hall–Kier alpha value is -3.39. The standard InChI is InChI=1S/C19H15N3O2/c1-24-19(23)13-22-9-8-18(21-22)17-7-3-6-16(11-17)15-5-2-4-14(10-15)12-20/h2-11H,13H2,1H3. The number of carbonyl (C=O) groups excluding carboxylic acids is 1. The van der Waals surface area contributed by atoms with Crippen molar-refractivity contribution in [1.82, 2.24) is 9.78 Å². The number of nitriles is 1. The summed E-state index contributed by atoms with van der Waals surface area (Å²) in [6, 6.07) is 19.4. The first-order chi connectivity index (χ1) is 11.7. The summed E-state index contributed by atoms with van der Waals surface area (Å²) < 4.78 is 6.19. The molecule has 0 fully saturated rings. The van der Waals surface area contributed by atoms with E-state index in [0.717, 1.165) is 22.4 Å². The number of carbonyl (C=O) groups is 1. The van der Waals surface area contributed by atoms with Gasteiger partial charge in [0.25, 0.3) is 0 Å². The molecule has 0 saturated heterocycles. The summed E-state index contributed by atoms with van der Waals surface area (Å²) in [5, 5.41) is 13.4. The molecule has 0 spiro atoms. The summed E-state index contributed by atoms with van der Waals surface area (Å²) in [5.74, 6) is -0.341. The van der Waals surface area contributed by atoms with Crippen molar-refractivity contribution in [3.05, 3.63) is 66.4 Å². The molecule has 2 aromatic carbocycles. The second kappa shape index (κ2) is 6.80. The molecule has 0 aliphatic carbocycles. The van der Waals surface area contributed by atoms with Gasteiger partial charge >= 0.3 is 5.97 Å². The van der Waals surface area contributed by atoms with Crippen LogP contribution in [-0.2, 0) is 16.1 Å². The van der Waals surface area contributed by atoms with Crippen LogP contribution in [-0.4, -0.2) is 22.9 Å². The van der Waals surface area contributed by atoms with Gasteiger partial charge in [0.1, 0.15) is 6.54 Å². The first-order valence-electron chi connectivity index (χ1n) is 7.41. The van der Waals surface area contributed by atoms with Gasteiger partial charge in [0, 0.05) is 11.8 Å². The van der Waals surface area contributed by atoms with Gasteiger partial charge in [0.15, 0.2) is 0 Å². The average molecular weight is 317 g/mol. The van der Waals surface area contributed by atoms with E-state index >= 15 is 0 Å². The van der Waals surface area contributed by atoms with Crippen molar-refractivity contribution in [1.29, 1.82) is 5.26 Å². The fourth-order valence-corrected chi connectivity index (χ4v) is 2.43. The van der Waals surface area contributed by atoms with E-state index < -0.39 is 0 Å². The highest BCUT2D eigenvalue weighted by atomic mass is 16.5. The molecule has 0 aliphatic heterocycles. The molecule has 1 aromatic heterocycles. The number of rotatable bonds is 4. The smallest absolute Gasteiger partial charge is 0.327 e. The molecule has 0 bridgehead atoms.